The van der Waals surface area contributed by atoms with Crippen molar-refractivity contribution >= 4 is 17.5 Å². The summed E-state index contributed by atoms with van der Waals surface area (Å²) in [7, 11) is 0. The molecule has 0 radical (unpaired) electrons. The molecule has 5 nitrogen and oxygen atoms in total. The molecule has 1 aromatic heterocycles. The van der Waals surface area contributed by atoms with Crippen LogP contribution in [0.15, 0.2) is 60.7 Å². The Kier molecular flexibility index (Phi) is 5.48. The van der Waals surface area contributed by atoms with Crippen molar-refractivity contribution in [1.82, 2.24) is 10.2 Å². The molecule has 0 atom stereocenters. The lowest BCUT2D eigenvalue weighted by atomic mass is 10.1. The SMILES string of the molecule is O=C(Cc1ccccc1F)Nc1ccc(NCc2ccc(F)cc2)nn1. The zero-order chi connectivity index (χ0) is 18.4. The summed E-state index contributed by atoms with van der Waals surface area (Å²) in [4.78, 5) is 12.0. The molecule has 0 bridgehead atoms. The molecule has 1 heterocycles. The minimum atomic E-state index is -0.422. The van der Waals surface area contributed by atoms with E-state index in [9.17, 15) is 13.6 Å². The lowest BCUT2D eigenvalue weighted by Gasteiger charge is -2.07. The van der Waals surface area contributed by atoms with Crippen LogP contribution < -0.4 is 10.6 Å². The molecule has 132 valence electrons. The minimum absolute atomic E-state index is 0.0844. The summed E-state index contributed by atoms with van der Waals surface area (Å²) in [5, 5.41) is 13.5. The summed E-state index contributed by atoms with van der Waals surface area (Å²) in [6, 6.07) is 15.5. The van der Waals surface area contributed by atoms with Crippen LogP contribution in [-0.4, -0.2) is 16.1 Å². The van der Waals surface area contributed by atoms with Gasteiger partial charge in [-0.25, -0.2) is 8.78 Å². The highest BCUT2D eigenvalue weighted by Gasteiger charge is 2.09. The Morgan fingerprint density at radius 3 is 2.27 bits per heavy atom. The number of hydrogen-bond donors (Lipinski definition) is 2. The van der Waals surface area contributed by atoms with Gasteiger partial charge in [-0.2, -0.15) is 0 Å². The molecule has 0 unspecified atom stereocenters. The maximum absolute atomic E-state index is 13.6. The number of hydrogen-bond acceptors (Lipinski definition) is 4. The monoisotopic (exact) mass is 354 g/mol. The van der Waals surface area contributed by atoms with E-state index in [4.69, 9.17) is 0 Å². The van der Waals surface area contributed by atoms with E-state index in [2.05, 4.69) is 20.8 Å². The second-order valence-electron chi connectivity index (χ2n) is 5.60. The summed E-state index contributed by atoms with van der Waals surface area (Å²) >= 11 is 0. The third-order valence-corrected chi connectivity index (χ3v) is 3.63. The van der Waals surface area contributed by atoms with Gasteiger partial charge in [-0.15, -0.1) is 10.2 Å². The molecule has 2 aromatic carbocycles. The number of halogens is 2. The molecule has 1 amide bonds. The Labute approximate surface area is 149 Å². The molecule has 0 aliphatic rings. The first-order valence-corrected chi connectivity index (χ1v) is 7.95. The van der Waals surface area contributed by atoms with Crippen molar-refractivity contribution in [3.8, 4) is 0 Å². The third-order valence-electron chi connectivity index (χ3n) is 3.63. The number of carbonyl (C=O) groups is 1. The Hall–Kier alpha value is -3.35. The standard InChI is InChI=1S/C19H16F2N4O/c20-15-7-5-13(6-8-15)12-22-17-9-10-18(25-24-17)23-19(26)11-14-3-1-2-4-16(14)21/h1-10H,11-12H2,(H,22,24)(H,23,25,26). The second-order valence-corrected chi connectivity index (χ2v) is 5.60. The maximum Gasteiger partial charge on any atom is 0.230 e. The number of benzene rings is 2. The van der Waals surface area contributed by atoms with Crippen LogP contribution >= 0.6 is 0 Å². The minimum Gasteiger partial charge on any atom is -0.365 e. The van der Waals surface area contributed by atoms with Crippen LogP contribution in [-0.2, 0) is 17.8 Å². The molecule has 0 saturated carbocycles. The average molecular weight is 354 g/mol. The van der Waals surface area contributed by atoms with Gasteiger partial charge in [0.1, 0.15) is 17.5 Å². The lowest BCUT2D eigenvalue weighted by Crippen LogP contribution is -2.16. The predicted octanol–water partition coefficient (Wildman–Crippen LogP) is 3.55. The van der Waals surface area contributed by atoms with E-state index in [1.54, 1.807) is 42.5 Å². The maximum atomic E-state index is 13.6. The molecule has 0 aliphatic carbocycles. The Bertz CT molecular complexity index is 883. The Morgan fingerprint density at radius 1 is 0.885 bits per heavy atom. The van der Waals surface area contributed by atoms with E-state index >= 15 is 0 Å². The molecule has 0 saturated heterocycles. The van der Waals surface area contributed by atoms with Crippen molar-refractivity contribution < 1.29 is 13.6 Å². The number of aromatic nitrogens is 2. The van der Waals surface area contributed by atoms with E-state index in [0.29, 0.717) is 17.9 Å². The van der Waals surface area contributed by atoms with Crippen molar-refractivity contribution in [3.05, 3.63) is 83.4 Å². The fourth-order valence-electron chi connectivity index (χ4n) is 2.29. The smallest absolute Gasteiger partial charge is 0.230 e. The van der Waals surface area contributed by atoms with Gasteiger partial charge in [-0.3, -0.25) is 4.79 Å². The van der Waals surface area contributed by atoms with Crippen molar-refractivity contribution in [1.29, 1.82) is 0 Å². The van der Waals surface area contributed by atoms with Gasteiger partial charge in [-0.05, 0) is 41.5 Å². The number of nitrogens with zero attached hydrogens (tertiary/aromatic N) is 2. The largest absolute Gasteiger partial charge is 0.365 e. The van der Waals surface area contributed by atoms with Crippen molar-refractivity contribution in [2.45, 2.75) is 13.0 Å². The molecular formula is C19H16F2N4O. The molecule has 2 N–H and O–H groups in total. The van der Waals surface area contributed by atoms with Crippen LogP contribution in [0, 0.1) is 11.6 Å². The molecule has 7 heteroatoms. The van der Waals surface area contributed by atoms with Gasteiger partial charge in [0.25, 0.3) is 0 Å². The summed E-state index contributed by atoms with van der Waals surface area (Å²) in [5.74, 6) is -0.297. The Balaban J connectivity index is 1.53. The molecule has 26 heavy (non-hydrogen) atoms. The van der Waals surface area contributed by atoms with E-state index in [-0.39, 0.29) is 24.0 Å². The first kappa shape index (κ1) is 17.5. The highest BCUT2D eigenvalue weighted by Crippen LogP contribution is 2.11. The van der Waals surface area contributed by atoms with E-state index in [1.807, 2.05) is 0 Å². The summed E-state index contributed by atoms with van der Waals surface area (Å²) in [6.45, 7) is 0.466. The zero-order valence-corrected chi connectivity index (χ0v) is 13.7. The summed E-state index contributed by atoms with van der Waals surface area (Å²) < 4.78 is 26.4. The molecule has 3 rings (SSSR count). The van der Waals surface area contributed by atoms with Gasteiger partial charge >= 0.3 is 0 Å². The predicted molar refractivity (Wildman–Crippen MR) is 94.5 cm³/mol. The molecular weight excluding hydrogens is 338 g/mol. The van der Waals surface area contributed by atoms with Crippen molar-refractivity contribution in [2.24, 2.45) is 0 Å². The number of amides is 1. The van der Waals surface area contributed by atoms with Crippen LogP contribution in [0.2, 0.25) is 0 Å². The van der Waals surface area contributed by atoms with Crippen LogP contribution in [0.3, 0.4) is 0 Å². The fraction of sp³-hybridized carbons (Fsp3) is 0.105. The van der Waals surface area contributed by atoms with E-state index in [0.717, 1.165) is 5.56 Å². The Morgan fingerprint density at radius 2 is 1.58 bits per heavy atom. The molecule has 0 spiro atoms. The zero-order valence-electron chi connectivity index (χ0n) is 13.7. The first-order valence-electron chi connectivity index (χ1n) is 7.95. The molecule has 0 fully saturated rings. The van der Waals surface area contributed by atoms with Gasteiger partial charge in [0, 0.05) is 6.54 Å². The molecule has 0 aliphatic heterocycles. The fourth-order valence-corrected chi connectivity index (χ4v) is 2.29. The third kappa shape index (κ3) is 4.83. The van der Waals surface area contributed by atoms with Gasteiger partial charge in [-0.1, -0.05) is 30.3 Å². The number of anilines is 2. The van der Waals surface area contributed by atoms with Crippen LogP contribution in [0.25, 0.3) is 0 Å². The van der Waals surface area contributed by atoms with Crippen molar-refractivity contribution in [3.63, 3.8) is 0 Å². The lowest BCUT2D eigenvalue weighted by molar-refractivity contribution is -0.115. The summed E-state index contributed by atoms with van der Waals surface area (Å²) in [6.07, 6.45) is -0.0844. The topological polar surface area (TPSA) is 66.9 Å². The highest BCUT2D eigenvalue weighted by atomic mass is 19.1. The second kappa shape index (κ2) is 8.15. The quantitative estimate of drug-likeness (QED) is 0.710. The number of rotatable bonds is 6. The van der Waals surface area contributed by atoms with Crippen LogP contribution in [0.4, 0.5) is 20.4 Å². The van der Waals surface area contributed by atoms with Gasteiger partial charge in [0.15, 0.2) is 5.82 Å². The van der Waals surface area contributed by atoms with Gasteiger partial charge in [0.05, 0.1) is 6.42 Å². The number of carbonyl (C=O) groups excluding carboxylic acids is 1. The molecule has 3 aromatic rings. The van der Waals surface area contributed by atoms with E-state index < -0.39 is 5.82 Å². The van der Waals surface area contributed by atoms with Crippen LogP contribution in [0.1, 0.15) is 11.1 Å². The average Bonchev–Trinajstić information content (AvgIpc) is 2.64. The van der Waals surface area contributed by atoms with Crippen LogP contribution in [0.5, 0.6) is 0 Å². The van der Waals surface area contributed by atoms with Gasteiger partial charge in [0.2, 0.25) is 5.91 Å². The van der Waals surface area contributed by atoms with Gasteiger partial charge < -0.3 is 10.6 Å². The highest BCUT2D eigenvalue weighted by molar-refractivity contribution is 5.91. The first-order chi connectivity index (χ1) is 12.6. The normalized spacial score (nSPS) is 10.4. The van der Waals surface area contributed by atoms with Crippen molar-refractivity contribution in [2.75, 3.05) is 10.6 Å². The van der Waals surface area contributed by atoms with E-state index in [1.165, 1.54) is 18.2 Å². The summed E-state index contributed by atoms with van der Waals surface area (Å²) in [5.41, 5.74) is 1.21. The number of nitrogens with one attached hydrogen (secondary N) is 2.